The minimum absolute atomic E-state index is 0.245. The van der Waals surface area contributed by atoms with E-state index < -0.39 is 0 Å². The lowest BCUT2D eigenvalue weighted by molar-refractivity contribution is 0.630. The molecule has 0 fully saturated rings. The molecule has 0 amide bonds. The SMILES string of the molecule is Fc1ccccc1-c1cc2ccccn2n1. The predicted octanol–water partition coefficient (Wildman–Crippen LogP) is 3.14. The molecule has 2 nitrogen and oxygen atoms in total. The molecule has 3 heteroatoms. The van der Waals surface area contributed by atoms with Gasteiger partial charge in [-0.2, -0.15) is 5.10 Å². The van der Waals surface area contributed by atoms with Crippen molar-refractivity contribution in [2.75, 3.05) is 0 Å². The van der Waals surface area contributed by atoms with Crippen LogP contribution in [0.5, 0.6) is 0 Å². The fraction of sp³-hybridized carbons (Fsp3) is 0. The summed E-state index contributed by atoms with van der Waals surface area (Å²) < 4.78 is 15.3. The van der Waals surface area contributed by atoms with Crippen LogP contribution in [0.1, 0.15) is 0 Å². The van der Waals surface area contributed by atoms with Gasteiger partial charge >= 0.3 is 0 Å². The number of rotatable bonds is 1. The molecule has 0 radical (unpaired) electrons. The molecule has 3 aromatic rings. The highest BCUT2D eigenvalue weighted by Gasteiger charge is 2.07. The smallest absolute Gasteiger partial charge is 0.132 e. The zero-order valence-corrected chi connectivity index (χ0v) is 8.47. The molecular weight excluding hydrogens is 203 g/mol. The van der Waals surface area contributed by atoms with Gasteiger partial charge in [-0.15, -0.1) is 0 Å². The summed E-state index contributed by atoms with van der Waals surface area (Å²) in [5, 5.41) is 4.32. The Balaban J connectivity index is 2.23. The zero-order valence-electron chi connectivity index (χ0n) is 8.47. The molecule has 16 heavy (non-hydrogen) atoms. The molecule has 2 heterocycles. The van der Waals surface area contributed by atoms with Gasteiger partial charge in [0.25, 0.3) is 0 Å². The number of aromatic nitrogens is 2. The van der Waals surface area contributed by atoms with E-state index in [-0.39, 0.29) is 5.82 Å². The van der Waals surface area contributed by atoms with Gasteiger partial charge in [0.2, 0.25) is 0 Å². The molecule has 0 saturated carbocycles. The average Bonchev–Trinajstić information content (AvgIpc) is 2.73. The third-order valence-corrected chi connectivity index (χ3v) is 2.52. The quantitative estimate of drug-likeness (QED) is 0.605. The third-order valence-electron chi connectivity index (χ3n) is 2.52. The first-order chi connectivity index (χ1) is 7.84. The second kappa shape index (κ2) is 3.45. The molecule has 0 unspecified atom stereocenters. The lowest BCUT2D eigenvalue weighted by Gasteiger charge is -1.96. The molecule has 1 aromatic carbocycles. The van der Waals surface area contributed by atoms with E-state index in [4.69, 9.17) is 0 Å². The molecule has 0 N–H and O–H groups in total. The van der Waals surface area contributed by atoms with Gasteiger partial charge in [-0.3, -0.25) is 0 Å². The summed E-state index contributed by atoms with van der Waals surface area (Å²) >= 11 is 0. The van der Waals surface area contributed by atoms with Crippen molar-refractivity contribution >= 4 is 5.52 Å². The Morgan fingerprint density at radius 3 is 2.62 bits per heavy atom. The van der Waals surface area contributed by atoms with Crippen LogP contribution in [0.25, 0.3) is 16.8 Å². The van der Waals surface area contributed by atoms with Crippen molar-refractivity contribution in [2.24, 2.45) is 0 Å². The Bertz CT molecular complexity index is 610. The summed E-state index contributed by atoms with van der Waals surface area (Å²) in [6, 6.07) is 14.3. The highest BCUT2D eigenvalue weighted by atomic mass is 19.1. The first-order valence-electron chi connectivity index (χ1n) is 5.04. The lowest BCUT2D eigenvalue weighted by Crippen LogP contribution is -1.86. The highest BCUT2D eigenvalue weighted by molar-refractivity contribution is 5.66. The molecule has 3 rings (SSSR count). The van der Waals surface area contributed by atoms with Crippen molar-refractivity contribution in [3.05, 3.63) is 60.5 Å². The maximum Gasteiger partial charge on any atom is 0.132 e. The predicted molar refractivity (Wildman–Crippen MR) is 60.6 cm³/mol. The van der Waals surface area contributed by atoms with Gasteiger partial charge < -0.3 is 0 Å². The van der Waals surface area contributed by atoms with Crippen LogP contribution in [0, 0.1) is 5.82 Å². The molecular formula is C13H9FN2. The van der Waals surface area contributed by atoms with Crippen molar-refractivity contribution in [3.63, 3.8) is 0 Å². The average molecular weight is 212 g/mol. The van der Waals surface area contributed by atoms with Crippen LogP contribution in [-0.4, -0.2) is 9.61 Å². The number of benzene rings is 1. The Hall–Kier alpha value is -2.16. The lowest BCUT2D eigenvalue weighted by atomic mass is 10.1. The summed E-state index contributed by atoms with van der Waals surface area (Å²) in [4.78, 5) is 0. The van der Waals surface area contributed by atoms with Gasteiger partial charge in [0, 0.05) is 11.8 Å². The first kappa shape index (κ1) is 9.09. The fourth-order valence-corrected chi connectivity index (χ4v) is 1.74. The summed E-state index contributed by atoms with van der Waals surface area (Å²) in [5.41, 5.74) is 2.15. The molecule has 2 aromatic heterocycles. The van der Waals surface area contributed by atoms with Crippen LogP contribution in [0.3, 0.4) is 0 Å². The number of halogens is 1. The monoisotopic (exact) mass is 212 g/mol. The molecule has 0 aliphatic rings. The van der Waals surface area contributed by atoms with Gasteiger partial charge in [-0.05, 0) is 30.3 Å². The van der Waals surface area contributed by atoms with Crippen molar-refractivity contribution in [2.45, 2.75) is 0 Å². The topological polar surface area (TPSA) is 17.3 Å². The normalized spacial score (nSPS) is 10.8. The molecule has 0 aliphatic carbocycles. The summed E-state index contributed by atoms with van der Waals surface area (Å²) in [5.74, 6) is -0.245. The number of hydrogen-bond acceptors (Lipinski definition) is 1. The minimum atomic E-state index is -0.245. The largest absolute Gasteiger partial charge is 0.240 e. The Morgan fingerprint density at radius 1 is 1.00 bits per heavy atom. The molecule has 0 aliphatic heterocycles. The van der Waals surface area contributed by atoms with E-state index >= 15 is 0 Å². The summed E-state index contributed by atoms with van der Waals surface area (Å²) in [7, 11) is 0. The number of nitrogens with zero attached hydrogens (tertiary/aromatic N) is 2. The Morgan fingerprint density at radius 2 is 1.81 bits per heavy atom. The molecule has 78 valence electrons. The number of fused-ring (bicyclic) bond motifs is 1. The van der Waals surface area contributed by atoms with Gasteiger partial charge in [0.15, 0.2) is 0 Å². The van der Waals surface area contributed by atoms with Crippen LogP contribution in [0.4, 0.5) is 4.39 Å². The summed E-state index contributed by atoms with van der Waals surface area (Å²) in [6.07, 6.45) is 1.85. The van der Waals surface area contributed by atoms with E-state index in [1.807, 2.05) is 36.5 Å². The molecule has 0 spiro atoms. The van der Waals surface area contributed by atoms with E-state index in [1.165, 1.54) is 6.07 Å². The van der Waals surface area contributed by atoms with Gasteiger partial charge in [0.05, 0.1) is 11.2 Å². The maximum absolute atomic E-state index is 13.6. The van der Waals surface area contributed by atoms with E-state index in [0.717, 1.165) is 5.52 Å². The Kier molecular flexibility index (Phi) is 1.96. The van der Waals surface area contributed by atoms with Crippen LogP contribution in [0.15, 0.2) is 54.7 Å². The molecule has 0 atom stereocenters. The van der Waals surface area contributed by atoms with Crippen molar-refractivity contribution in [1.82, 2.24) is 9.61 Å². The fourth-order valence-electron chi connectivity index (χ4n) is 1.74. The van der Waals surface area contributed by atoms with Crippen LogP contribution >= 0.6 is 0 Å². The van der Waals surface area contributed by atoms with Crippen LogP contribution < -0.4 is 0 Å². The zero-order chi connectivity index (χ0) is 11.0. The second-order valence-electron chi connectivity index (χ2n) is 3.58. The van der Waals surface area contributed by atoms with E-state index in [2.05, 4.69) is 5.10 Å². The van der Waals surface area contributed by atoms with E-state index in [0.29, 0.717) is 11.3 Å². The molecule has 0 bridgehead atoms. The molecule has 0 saturated heterocycles. The Labute approximate surface area is 92.0 Å². The first-order valence-corrected chi connectivity index (χ1v) is 5.04. The van der Waals surface area contributed by atoms with Crippen molar-refractivity contribution in [1.29, 1.82) is 0 Å². The van der Waals surface area contributed by atoms with Crippen molar-refractivity contribution in [3.8, 4) is 11.3 Å². The van der Waals surface area contributed by atoms with Crippen molar-refractivity contribution < 1.29 is 4.39 Å². The van der Waals surface area contributed by atoms with Gasteiger partial charge in [-0.25, -0.2) is 8.91 Å². The van der Waals surface area contributed by atoms with Gasteiger partial charge in [-0.1, -0.05) is 18.2 Å². The number of hydrogen-bond donors (Lipinski definition) is 0. The highest BCUT2D eigenvalue weighted by Crippen LogP contribution is 2.22. The van der Waals surface area contributed by atoms with E-state index in [9.17, 15) is 4.39 Å². The van der Waals surface area contributed by atoms with Crippen LogP contribution in [0.2, 0.25) is 0 Å². The van der Waals surface area contributed by atoms with E-state index in [1.54, 1.807) is 16.6 Å². The minimum Gasteiger partial charge on any atom is -0.240 e. The third kappa shape index (κ3) is 1.37. The van der Waals surface area contributed by atoms with Gasteiger partial charge in [0.1, 0.15) is 5.82 Å². The second-order valence-corrected chi connectivity index (χ2v) is 3.58. The van der Waals surface area contributed by atoms with Crippen LogP contribution in [-0.2, 0) is 0 Å². The maximum atomic E-state index is 13.6. The standard InChI is InChI=1S/C13H9FN2/c14-12-7-2-1-6-11(12)13-9-10-5-3-4-8-16(10)15-13/h1-9H. The summed E-state index contributed by atoms with van der Waals surface area (Å²) in [6.45, 7) is 0. The number of pyridine rings is 1.